The number of amides is 2. The summed E-state index contributed by atoms with van der Waals surface area (Å²) in [4.78, 5) is 28.6. The van der Waals surface area contributed by atoms with Crippen molar-refractivity contribution in [3.8, 4) is 5.75 Å². The van der Waals surface area contributed by atoms with Crippen molar-refractivity contribution in [3.05, 3.63) is 52.0 Å². The Labute approximate surface area is 176 Å². The zero-order valence-corrected chi connectivity index (χ0v) is 18.0. The molecule has 2 amide bonds. The number of rotatable bonds is 4. The molecular weight excluding hydrogens is 390 g/mol. The topological polar surface area (TPSA) is 61.9 Å². The van der Waals surface area contributed by atoms with E-state index in [2.05, 4.69) is 42.3 Å². The second-order valence-corrected chi connectivity index (χ2v) is 7.62. The van der Waals surface area contributed by atoms with Gasteiger partial charge in [0.05, 0.1) is 23.4 Å². The number of carbonyl (C=O) groups excluding carboxylic acids is 2. The first kappa shape index (κ1) is 21.0. The number of nitrogens with one attached hydrogen (secondary N) is 1. The smallest absolute Gasteiger partial charge is 0.257 e. The lowest BCUT2D eigenvalue weighted by Gasteiger charge is -2.37. The van der Waals surface area contributed by atoms with Crippen molar-refractivity contribution in [1.82, 2.24) is 4.90 Å². The Hall–Kier alpha value is -2.73. The van der Waals surface area contributed by atoms with Gasteiger partial charge in [0.2, 0.25) is 5.91 Å². The van der Waals surface area contributed by atoms with Gasteiger partial charge in [0, 0.05) is 44.9 Å². The maximum Gasteiger partial charge on any atom is 0.257 e. The minimum Gasteiger partial charge on any atom is -0.496 e. The number of nitrogens with zero attached hydrogens (tertiary/aromatic N) is 2. The lowest BCUT2D eigenvalue weighted by molar-refractivity contribution is -0.114. The third kappa shape index (κ3) is 4.48. The highest BCUT2D eigenvalue weighted by Crippen LogP contribution is 2.32. The number of benzene rings is 2. The van der Waals surface area contributed by atoms with Crippen molar-refractivity contribution in [1.29, 1.82) is 0 Å². The molecule has 6 nitrogen and oxygen atoms in total. The van der Waals surface area contributed by atoms with E-state index >= 15 is 0 Å². The maximum atomic E-state index is 13.1. The van der Waals surface area contributed by atoms with Crippen LogP contribution in [0.1, 0.15) is 28.4 Å². The summed E-state index contributed by atoms with van der Waals surface area (Å²) in [5.41, 5.74) is 4.57. The summed E-state index contributed by atoms with van der Waals surface area (Å²) in [7, 11) is 1.50. The van der Waals surface area contributed by atoms with E-state index in [4.69, 9.17) is 16.3 Å². The average molecular weight is 416 g/mol. The van der Waals surface area contributed by atoms with Crippen molar-refractivity contribution in [2.75, 3.05) is 43.5 Å². The fourth-order valence-electron chi connectivity index (χ4n) is 3.57. The monoisotopic (exact) mass is 415 g/mol. The molecule has 0 aliphatic carbocycles. The van der Waals surface area contributed by atoms with E-state index in [0.717, 1.165) is 13.1 Å². The molecule has 2 aromatic carbocycles. The van der Waals surface area contributed by atoms with Crippen LogP contribution in [-0.2, 0) is 4.79 Å². The second-order valence-electron chi connectivity index (χ2n) is 7.21. The first-order valence-corrected chi connectivity index (χ1v) is 9.95. The van der Waals surface area contributed by atoms with Crippen LogP contribution in [0.4, 0.5) is 11.4 Å². The minimum atomic E-state index is -0.240. The van der Waals surface area contributed by atoms with Gasteiger partial charge in [-0.05, 0) is 37.1 Å². The first-order chi connectivity index (χ1) is 13.8. The molecule has 1 aliphatic rings. The standard InChI is InChI=1S/C22H26ClN3O3/c1-14-6-5-7-20(15(14)2)25-8-10-26(11-9-25)22(28)17-12-18(23)19(24-16(3)27)13-21(17)29-4/h5-7,12-13H,8-11H2,1-4H3,(H,24,27). The zero-order chi connectivity index (χ0) is 21.1. The highest BCUT2D eigenvalue weighted by molar-refractivity contribution is 6.34. The van der Waals surface area contributed by atoms with Crippen LogP contribution in [0.3, 0.4) is 0 Å². The highest BCUT2D eigenvalue weighted by atomic mass is 35.5. The van der Waals surface area contributed by atoms with Gasteiger partial charge < -0.3 is 19.9 Å². The summed E-state index contributed by atoms with van der Waals surface area (Å²) in [5, 5.41) is 2.95. The van der Waals surface area contributed by atoms with E-state index in [1.54, 1.807) is 12.1 Å². The first-order valence-electron chi connectivity index (χ1n) is 9.57. The van der Waals surface area contributed by atoms with Gasteiger partial charge in [0.15, 0.2) is 0 Å². The normalized spacial score (nSPS) is 14.0. The molecule has 2 aromatic rings. The summed E-state index contributed by atoms with van der Waals surface area (Å²) in [6.45, 7) is 8.38. The van der Waals surface area contributed by atoms with Crippen LogP contribution in [0, 0.1) is 13.8 Å². The van der Waals surface area contributed by atoms with Crippen LogP contribution in [-0.4, -0.2) is 50.0 Å². The van der Waals surface area contributed by atoms with E-state index in [-0.39, 0.29) is 11.8 Å². The summed E-state index contributed by atoms with van der Waals surface area (Å²) in [6.07, 6.45) is 0. The molecule has 1 saturated heterocycles. The number of hydrogen-bond donors (Lipinski definition) is 1. The number of piperazine rings is 1. The molecule has 1 N–H and O–H groups in total. The van der Waals surface area contributed by atoms with E-state index in [1.165, 1.54) is 30.8 Å². The molecule has 0 bridgehead atoms. The predicted molar refractivity (Wildman–Crippen MR) is 116 cm³/mol. The van der Waals surface area contributed by atoms with Crippen LogP contribution in [0.5, 0.6) is 5.75 Å². The fourth-order valence-corrected chi connectivity index (χ4v) is 3.78. The number of aryl methyl sites for hydroxylation is 1. The summed E-state index contributed by atoms with van der Waals surface area (Å²) < 4.78 is 5.39. The van der Waals surface area contributed by atoms with Gasteiger partial charge in [0.25, 0.3) is 5.91 Å². The van der Waals surface area contributed by atoms with Gasteiger partial charge in [0.1, 0.15) is 5.75 Å². The number of ether oxygens (including phenoxy) is 1. The number of anilines is 2. The Morgan fingerprint density at radius 2 is 1.79 bits per heavy atom. The molecular formula is C22H26ClN3O3. The Balaban J connectivity index is 1.76. The molecule has 0 radical (unpaired) electrons. The molecule has 0 aromatic heterocycles. The molecule has 1 heterocycles. The Morgan fingerprint density at radius 3 is 2.41 bits per heavy atom. The van der Waals surface area contributed by atoms with E-state index in [1.807, 2.05) is 4.90 Å². The van der Waals surface area contributed by atoms with Crippen molar-refractivity contribution < 1.29 is 14.3 Å². The molecule has 29 heavy (non-hydrogen) atoms. The predicted octanol–water partition coefficient (Wildman–Crippen LogP) is 3.89. The van der Waals surface area contributed by atoms with Crippen molar-refractivity contribution in [2.45, 2.75) is 20.8 Å². The third-order valence-electron chi connectivity index (χ3n) is 5.31. The highest BCUT2D eigenvalue weighted by Gasteiger charge is 2.26. The second kappa shape index (κ2) is 8.74. The number of methoxy groups -OCH3 is 1. The van der Waals surface area contributed by atoms with Gasteiger partial charge >= 0.3 is 0 Å². The number of carbonyl (C=O) groups is 2. The van der Waals surface area contributed by atoms with Gasteiger partial charge in [-0.25, -0.2) is 0 Å². The van der Waals surface area contributed by atoms with Crippen molar-refractivity contribution in [2.24, 2.45) is 0 Å². The lowest BCUT2D eigenvalue weighted by Crippen LogP contribution is -2.49. The van der Waals surface area contributed by atoms with E-state index < -0.39 is 0 Å². The van der Waals surface area contributed by atoms with Gasteiger partial charge in [-0.15, -0.1) is 0 Å². The maximum absolute atomic E-state index is 13.1. The molecule has 1 aliphatic heterocycles. The largest absolute Gasteiger partial charge is 0.496 e. The molecule has 1 fully saturated rings. The number of halogens is 1. The molecule has 0 spiro atoms. The minimum absolute atomic E-state index is 0.126. The molecule has 3 rings (SSSR count). The number of hydrogen-bond acceptors (Lipinski definition) is 4. The zero-order valence-electron chi connectivity index (χ0n) is 17.2. The summed E-state index contributed by atoms with van der Waals surface area (Å²) in [6, 6.07) is 9.45. The fraction of sp³-hybridized carbons (Fsp3) is 0.364. The Morgan fingerprint density at radius 1 is 1.10 bits per heavy atom. The van der Waals surface area contributed by atoms with E-state index in [0.29, 0.717) is 35.1 Å². The molecule has 0 saturated carbocycles. The lowest BCUT2D eigenvalue weighted by atomic mass is 10.1. The van der Waals surface area contributed by atoms with Gasteiger partial charge in [-0.2, -0.15) is 0 Å². The van der Waals surface area contributed by atoms with Crippen LogP contribution in [0.25, 0.3) is 0 Å². The average Bonchev–Trinajstić information content (AvgIpc) is 2.70. The van der Waals surface area contributed by atoms with Crippen LogP contribution in [0.2, 0.25) is 5.02 Å². The van der Waals surface area contributed by atoms with E-state index in [9.17, 15) is 9.59 Å². The van der Waals surface area contributed by atoms with Crippen LogP contribution in [0.15, 0.2) is 30.3 Å². The summed E-state index contributed by atoms with van der Waals surface area (Å²) >= 11 is 6.27. The van der Waals surface area contributed by atoms with Crippen molar-refractivity contribution in [3.63, 3.8) is 0 Å². The quantitative estimate of drug-likeness (QED) is 0.823. The molecule has 7 heteroatoms. The summed E-state index contributed by atoms with van der Waals surface area (Å²) in [5.74, 6) is 0.0226. The molecule has 0 unspecified atom stereocenters. The van der Waals surface area contributed by atoms with Gasteiger partial charge in [-0.1, -0.05) is 23.7 Å². The molecule has 0 atom stereocenters. The van der Waals surface area contributed by atoms with Crippen molar-refractivity contribution >= 4 is 34.8 Å². The van der Waals surface area contributed by atoms with Crippen LogP contribution >= 0.6 is 11.6 Å². The van der Waals surface area contributed by atoms with Gasteiger partial charge in [-0.3, -0.25) is 9.59 Å². The Bertz CT molecular complexity index is 937. The Kier molecular flexibility index (Phi) is 6.33. The third-order valence-corrected chi connectivity index (χ3v) is 5.63. The SMILES string of the molecule is COc1cc(NC(C)=O)c(Cl)cc1C(=O)N1CCN(c2cccc(C)c2C)CC1. The van der Waals surface area contributed by atoms with Crippen LogP contribution < -0.4 is 15.0 Å². The molecule has 154 valence electrons.